The van der Waals surface area contributed by atoms with Gasteiger partial charge in [0.05, 0.1) is 5.41 Å². The largest absolute Gasteiger partial charge is 0.481 e. The minimum Gasteiger partial charge on any atom is -0.481 e. The molecular formula is C12H14F2O2. The van der Waals surface area contributed by atoms with E-state index in [0.29, 0.717) is 5.56 Å². The fraction of sp³-hybridized carbons (Fsp3) is 0.417. The molecule has 0 heterocycles. The standard InChI is InChI=1S/C12H14F2O2/c1-7-4-5-9(13)8(10(7)14)6-12(2,3)11(15)16/h4-5H,6H2,1-3H3,(H,15,16). The highest BCUT2D eigenvalue weighted by Gasteiger charge is 2.30. The van der Waals surface area contributed by atoms with E-state index in [1.807, 2.05) is 0 Å². The van der Waals surface area contributed by atoms with Crippen molar-refractivity contribution in [1.29, 1.82) is 0 Å². The van der Waals surface area contributed by atoms with Crippen LogP contribution in [0.5, 0.6) is 0 Å². The fourth-order valence-electron chi connectivity index (χ4n) is 1.39. The molecule has 0 atom stereocenters. The third-order valence-corrected chi connectivity index (χ3v) is 2.58. The number of benzene rings is 1. The molecule has 0 spiro atoms. The Kier molecular flexibility index (Phi) is 3.31. The Hall–Kier alpha value is -1.45. The first-order valence-corrected chi connectivity index (χ1v) is 4.92. The highest BCUT2D eigenvalue weighted by molar-refractivity contribution is 5.74. The molecule has 0 aliphatic heterocycles. The van der Waals surface area contributed by atoms with Gasteiger partial charge < -0.3 is 5.11 Å². The van der Waals surface area contributed by atoms with E-state index in [1.165, 1.54) is 26.8 Å². The Labute approximate surface area is 92.9 Å². The fourth-order valence-corrected chi connectivity index (χ4v) is 1.39. The van der Waals surface area contributed by atoms with Crippen molar-refractivity contribution in [3.63, 3.8) is 0 Å². The van der Waals surface area contributed by atoms with Crippen molar-refractivity contribution in [2.45, 2.75) is 27.2 Å². The lowest BCUT2D eigenvalue weighted by Gasteiger charge is -2.20. The van der Waals surface area contributed by atoms with Crippen LogP contribution in [-0.2, 0) is 11.2 Å². The molecule has 0 radical (unpaired) electrons. The number of hydrogen-bond acceptors (Lipinski definition) is 1. The van der Waals surface area contributed by atoms with Crippen molar-refractivity contribution in [3.05, 3.63) is 34.9 Å². The van der Waals surface area contributed by atoms with Crippen LogP contribution in [-0.4, -0.2) is 11.1 Å². The number of aryl methyl sites for hydroxylation is 1. The summed E-state index contributed by atoms with van der Waals surface area (Å²) in [5.74, 6) is -2.43. The van der Waals surface area contributed by atoms with Crippen LogP contribution in [0.1, 0.15) is 25.0 Å². The van der Waals surface area contributed by atoms with Gasteiger partial charge in [0, 0.05) is 5.56 Å². The van der Waals surface area contributed by atoms with Crippen molar-refractivity contribution in [2.24, 2.45) is 5.41 Å². The Bertz CT molecular complexity index is 425. The average Bonchev–Trinajstić information content (AvgIpc) is 2.18. The Morgan fingerprint density at radius 3 is 2.44 bits per heavy atom. The first-order valence-electron chi connectivity index (χ1n) is 4.92. The molecule has 0 saturated heterocycles. The summed E-state index contributed by atoms with van der Waals surface area (Å²) in [6.07, 6.45) is -0.165. The zero-order valence-electron chi connectivity index (χ0n) is 9.47. The molecule has 1 aromatic carbocycles. The van der Waals surface area contributed by atoms with Gasteiger partial charge in [-0.25, -0.2) is 8.78 Å². The van der Waals surface area contributed by atoms with Gasteiger partial charge >= 0.3 is 5.97 Å². The number of carboxylic acids is 1. The number of carboxylic acid groups (broad SMARTS) is 1. The number of carbonyl (C=O) groups is 1. The summed E-state index contributed by atoms with van der Waals surface area (Å²) in [6, 6.07) is 2.49. The van der Waals surface area contributed by atoms with E-state index in [9.17, 15) is 13.6 Å². The van der Waals surface area contributed by atoms with Crippen LogP contribution in [0.3, 0.4) is 0 Å². The van der Waals surface area contributed by atoms with E-state index < -0.39 is 23.0 Å². The van der Waals surface area contributed by atoms with Crippen molar-refractivity contribution in [3.8, 4) is 0 Å². The van der Waals surface area contributed by atoms with Gasteiger partial charge in [0.1, 0.15) is 11.6 Å². The summed E-state index contributed by atoms with van der Waals surface area (Å²) in [6.45, 7) is 4.40. The lowest BCUT2D eigenvalue weighted by atomic mass is 9.85. The van der Waals surface area contributed by atoms with Gasteiger partial charge in [-0.1, -0.05) is 6.07 Å². The van der Waals surface area contributed by atoms with Crippen molar-refractivity contribution >= 4 is 5.97 Å². The van der Waals surface area contributed by atoms with Crippen LogP contribution in [0, 0.1) is 24.0 Å². The summed E-state index contributed by atoms with van der Waals surface area (Å²) >= 11 is 0. The Balaban J connectivity index is 3.15. The minimum atomic E-state index is -1.19. The van der Waals surface area contributed by atoms with Crippen LogP contribution < -0.4 is 0 Å². The molecule has 0 aliphatic rings. The molecule has 1 N–H and O–H groups in total. The molecule has 0 fully saturated rings. The molecule has 2 nitrogen and oxygen atoms in total. The summed E-state index contributed by atoms with van der Waals surface area (Å²) in [7, 11) is 0. The zero-order valence-corrected chi connectivity index (χ0v) is 9.47. The van der Waals surface area contributed by atoms with E-state index in [2.05, 4.69) is 0 Å². The Morgan fingerprint density at radius 1 is 1.38 bits per heavy atom. The first kappa shape index (κ1) is 12.6. The molecule has 0 bridgehead atoms. The third kappa shape index (κ3) is 2.38. The highest BCUT2D eigenvalue weighted by atomic mass is 19.1. The molecule has 0 unspecified atom stereocenters. The van der Waals surface area contributed by atoms with E-state index in [1.54, 1.807) is 0 Å². The first-order chi connectivity index (χ1) is 7.25. The van der Waals surface area contributed by atoms with Gasteiger partial charge in [-0.05, 0) is 38.8 Å². The summed E-state index contributed by atoms with van der Waals surface area (Å²) in [4.78, 5) is 10.9. The molecule has 0 amide bonds. The molecular weight excluding hydrogens is 214 g/mol. The maximum Gasteiger partial charge on any atom is 0.309 e. The second-order valence-electron chi connectivity index (χ2n) is 4.52. The van der Waals surface area contributed by atoms with E-state index in [4.69, 9.17) is 5.11 Å². The normalized spacial score (nSPS) is 11.6. The SMILES string of the molecule is Cc1ccc(F)c(CC(C)(C)C(=O)O)c1F. The molecule has 0 aromatic heterocycles. The second-order valence-corrected chi connectivity index (χ2v) is 4.52. The maximum absolute atomic E-state index is 13.6. The smallest absolute Gasteiger partial charge is 0.309 e. The third-order valence-electron chi connectivity index (χ3n) is 2.58. The molecule has 88 valence electrons. The summed E-state index contributed by atoms with van der Waals surface area (Å²) < 4.78 is 27.0. The zero-order chi connectivity index (χ0) is 12.5. The molecule has 1 aromatic rings. The predicted octanol–water partition coefficient (Wildman–Crippen LogP) is 2.93. The van der Waals surface area contributed by atoms with Crippen LogP contribution >= 0.6 is 0 Å². The van der Waals surface area contributed by atoms with Gasteiger partial charge in [0.25, 0.3) is 0 Å². The van der Waals surface area contributed by atoms with Gasteiger partial charge in [-0.15, -0.1) is 0 Å². The minimum absolute atomic E-state index is 0.160. The quantitative estimate of drug-likeness (QED) is 0.863. The van der Waals surface area contributed by atoms with E-state index in [-0.39, 0.29) is 12.0 Å². The lowest BCUT2D eigenvalue weighted by molar-refractivity contribution is -0.146. The molecule has 4 heteroatoms. The topological polar surface area (TPSA) is 37.3 Å². The Morgan fingerprint density at radius 2 is 1.94 bits per heavy atom. The summed E-state index contributed by atoms with van der Waals surface area (Å²) in [5, 5.41) is 8.91. The van der Waals surface area contributed by atoms with Crippen molar-refractivity contribution in [1.82, 2.24) is 0 Å². The number of aliphatic carboxylic acids is 1. The van der Waals surface area contributed by atoms with Crippen LogP contribution in [0.25, 0.3) is 0 Å². The molecule has 16 heavy (non-hydrogen) atoms. The van der Waals surface area contributed by atoms with Gasteiger partial charge in [0.15, 0.2) is 0 Å². The lowest BCUT2D eigenvalue weighted by Crippen LogP contribution is -2.27. The summed E-state index contributed by atoms with van der Waals surface area (Å²) in [5.41, 5.74) is -1.03. The van der Waals surface area contributed by atoms with Gasteiger partial charge in [-0.2, -0.15) is 0 Å². The van der Waals surface area contributed by atoms with Crippen molar-refractivity contribution in [2.75, 3.05) is 0 Å². The van der Waals surface area contributed by atoms with E-state index >= 15 is 0 Å². The van der Waals surface area contributed by atoms with Crippen LogP contribution in [0.2, 0.25) is 0 Å². The predicted molar refractivity (Wildman–Crippen MR) is 56.2 cm³/mol. The van der Waals surface area contributed by atoms with E-state index in [0.717, 1.165) is 6.07 Å². The van der Waals surface area contributed by atoms with Gasteiger partial charge in [-0.3, -0.25) is 4.79 Å². The second kappa shape index (κ2) is 4.20. The number of rotatable bonds is 3. The van der Waals surface area contributed by atoms with Crippen LogP contribution in [0.15, 0.2) is 12.1 Å². The maximum atomic E-state index is 13.6. The average molecular weight is 228 g/mol. The van der Waals surface area contributed by atoms with Crippen LogP contribution in [0.4, 0.5) is 8.78 Å². The highest BCUT2D eigenvalue weighted by Crippen LogP contribution is 2.26. The van der Waals surface area contributed by atoms with Crippen molar-refractivity contribution < 1.29 is 18.7 Å². The molecule has 0 saturated carbocycles. The number of hydrogen-bond donors (Lipinski definition) is 1. The van der Waals surface area contributed by atoms with Gasteiger partial charge in [0.2, 0.25) is 0 Å². The monoisotopic (exact) mass is 228 g/mol. The number of halogens is 2. The molecule has 1 rings (SSSR count). The molecule has 0 aliphatic carbocycles.